The van der Waals surface area contributed by atoms with Gasteiger partial charge in [0.05, 0.1) is 18.7 Å². The minimum atomic E-state index is -0.539. The summed E-state index contributed by atoms with van der Waals surface area (Å²) in [5, 5.41) is 22.4. The highest BCUT2D eigenvalue weighted by atomic mass is 16.5. The molecule has 1 aliphatic rings. The molecule has 7 aromatic rings. The number of allylic oxidation sites excluding steroid dienone is 1. The third-order valence-corrected chi connectivity index (χ3v) is 10.4. The van der Waals surface area contributed by atoms with E-state index in [0.717, 1.165) is 52.3 Å². The monoisotopic (exact) mass is 797 g/mol. The van der Waals surface area contributed by atoms with Crippen molar-refractivity contribution in [2.24, 2.45) is 19.1 Å². The molecule has 0 saturated carbocycles. The smallest absolute Gasteiger partial charge is 0.342 e. The van der Waals surface area contributed by atoms with Crippen LogP contribution < -0.4 is 24.2 Å². The molecule has 12 heteroatoms. The first-order chi connectivity index (χ1) is 29.2. The number of rotatable bonds is 14. The van der Waals surface area contributed by atoms with Gasteiger partial charge in [-0.3, -0.25) is 14.7 Å². The number of nitrogens with one attached hydrogen (secondary N) is 2. The first-order valence-electron chi connectivity index (χ1n) is 19.8. The molecule has 8 rings (SSSR count). The van der Waals surface area contributed by atoms with E-state index in [9.17, 15) is 14.7 Å². The summed E-state index contributed by atoms with van der Waals surface area (Å²) in [6.07, 6.45) is 7.99. The second kappa shape index (κ2) is 17.6. The van der Waals surface area contributed by atoms with E-state index in [-0.39, 0.29) is 17.2 Å². The number of aromatic amines is 1. The normalized spacial score (nSPS) is 12.8. The maximum atomic E-state index is 13.7. The van der Waals surface area contributed by atoms with Crippen LogP contribution in [0.25, 0.3) is 27.3 Å². The molecule has 0 unspecified atom stereocenters. The SMILES string of the molecule is CN1[N-]N(Cc2ccc(C(=O)c3ccccc3)cc2)C=C1CCCCOc1cc(C(=O)Nc2cc3ccccc3[n+](C)c2)[nH+]c(C([O])=Nc2cc3ccccc3[n+](C)c2)c1. The van der Waals surface area contributed by atoms with E-state index in [1.807, 2.05) is 168 Å². The summed E-state index contributed by atoms with van der Waals surface area (Å²) in [7, 11) is 5.76. The number of hydrogen-bond donors (Lipinski definition) is 1. The Morgan fingerprint density at radius 2 is 1.42 bits per heavy atom. The Labute approximate surface area is 348 Å². The lowest BCUT2D eigenvalue weighted by atomic mass is 10.0. The lowest BCUT2D eigenvalue weighted by molar-refractivity contribution is -0.644. The highest BCUT2D eigenvalue weighted by molar-refractivity contribution is 6.09. The number of ketones is 1. The van der Waals surface area contributed by atoms with Crippen molar-refractivity contribution in [2.45, 2.75) is 25.8 Å². The molecule has 0 aliphatic carbocycles. The van der Waals surface area contributed by atoms with Gasteiger partial charge in [0, 0.05) is 52.5 Å². The Morgan fingerprint density at radius 3 is 2.17 bits per heavy atom. The molecule has 4 aromatic carbocycles. The van der Waals surface area contributed by atoms with Crippen molar-refractivity contribution >= 4 is 50.8 Å². The van der Waals surface area contributed by atoms with Gasteiger partial charge in [0.15, 0.2) is 18.2 Å². The molecule has 0 fully saturated rings. The number of aliphatic imine (C=N–C) groups is 1. The Bertz CT molecular complexity index is 2770. The third kappa shape index (κ3) is 9.14. The molecule has 0 atom stereocenters. The molecule has 3 aromatic heterocycles. The zero-order chi connectivity index (χ0) is 41.6. The molecule has 0 saturated heterocycles. The van der Waals surface area contributed by atoms with E-state index in [1.54, 1.807) is 18.3 Å². The fourth-order valence-corrected chi connectivity index (χ4v) is 7.30. The lowest BCUT2D eigenvalue weighted by Gasteiger charge is -2.37. The van der Waals surface area contributed by atoms with Crippen molar-refractivity contribution in [3.05, 3.63) is 185 Å². The summed E-state index contributed by atoms with van der Waals surface area (Å²) in [6.45, 7) is 0.937. The summed E-state index contributed by atoms with van der Waals surface area (Å²) >= 11 is 0. The van der Waals surface area contributed by atoms with Crippen LogP contribution in [0.15, 0.2) is 157 Å². The maximum Gasteiger partial charge on any atom is 0.342 e. The van der Waals surface area contributed by atoms with Crippen molar-refractivity contribution in [3.63, 3.8) is 0 Å². The number of fused-ring (bicyclic) bond motifs is 2. The number of aryl methyl sites for hydroxylation is 2. The van der Waals surface area contributed by atoms with Gasteiger partial charge in [-0.05, 0) is 56.1 Å². The summed E-state index contributed by atoms with van der Waals surface area (Å²) in [6, 6.07) is 39.7. The average Bonchev–Trinajstić information content (AvgIpc) is 3.61. The first kappa shape index (κ1) is 39.4. The molecule has 60 heavy (non-hydrogen) atoms. The summed E-state index contributed by atoms with van der Waals surface area (Å²) in [5.41, 5.74) is 11.5. The van der Waals surface area contributed by atoms with E-state index in [2.05, 4.69) is 20.8 Å². The highest BCUT2D eigenvalue weighted by Gasteiger charge is 2.24. The summed E-state index contributed by atoms with van der Waals surface area (Å²) in [5.74, 6) is -0.594. The molecule has 1 radical (unpaired) electrons. The van der Waals surface area contributed by atoms with Crippen LogP contribution in [-0.2, 0) is 25.7 Å². The Balaban J connectivity index is 0.929. The van der Waals surface area contributed by atoms with Gasteiger partial charge in [0.2, 0.25) is 11.0 Å². The standard InChI is InChI=1S/C48H43N8O4/c1-53-30-38(25-36-15-7-9-18-44(36)53)49-47(58)42-27-41(28-43(51-42)48(59)50-39-26-37-16-8-10-19-45(37)54(2)31-39)60-24-12-11-17-40-32-56(52-55(40)3)29-33-20-22-35(23-21-33)46(57)34-13-5-4-6-14-34/h4-10,13-16,18-23,25-28,30-32H,11-12,17,24,29H2,1-3H3/p+2. The second-order valence-corrected chi connectivity index (χ2v) is 14.8. The number of amides is 1. The Morgan fingerprint density at radius 1 is 0.767 bits per heavy atom. The number of nitrogens with zero attached hydrogens (tertiary/aromatic N) is 6. The van der Waals surface area contributed by atoms with E-state index in [1.165, 1.54) is 0 Å². The molecule has 0 spiro atoms. The van der Waals surface area contributed by atoms with Gasteiger partial charge >= 0.3 is 11.8 Å². The van der Waals surface area contributed by atoms with Gasteiger partial charge < -0.3 is 25.6 Å². The second-order valence-electron chi connectivity index (χ2n) is 14.8. The van der Waals surface area contributed by atoms with Crippen molar-refractivity contribution in [3.8, 4) is 5.75 Å². The number of hydrogen-bond acceptors (Lipinski definition) is 6. The fourth-order valence-electron chi connectivity index (χ4n) is 7.30. The Kier molecular flexibility index (Phi) is 11.5. The van der Waals surface area contributed by atoms with Gasteiger partial charge in [-0.25, -0.2) is 0 Å². The van der Waals surface area contributed by atoms with Crippen LogP contribution in [0.5, 0.6) is 5.75 Å². The number of H-pyrrole nitrogens is 1. The largest absolute Gasteiger partial charge is 0.493 e. The summed E-state index contributed by atoms with van der Waals surface area (Å²) < 4.78 is 10.1. The fraction of sp³-hybridized carbons (Fsp3) is 0.167. The van der Waals surface area contributed by atoms with Gasteiger partial charge in [-0.1, -0.05) is 78.9 Å². The predicted octanol–water partition coefficient (Wildman–Crippen LogP) is 7.49. The lowest BCUT2D eigenvalue weighted by Crippen LogP contribution is -2.31. The number of carbonyl (C=O) groups is 2. The van der Waals surface area contributed by atoms with Crippen LogP contribution in [-0.4, -0.2) is 41.3 Å². The number of anilines is 1. The number of unbranched alkanes of at least 4 members (excludes halogenated alkanes) is 1. The molecular formula is C48H45N8O4+2. The third-order valence-electron chi connectivity index (χ3n) is 10.4. The zero-order valence-electron chi connectivity index (χ0n) is 33.7. The van der Waals surface area contributed by atoms with Gasteiger partial charge in [-0.2, -0.15) is 19.1 Å². The number of carbonyl (C=O) groups excluding carboxylic acids is 2. The molecule has 4 heterocycles. The minimum absolute atomic E-state index is 0.00234. The molecule has 0 bridgehead atoms. The number of para-hydroxylation sites is 2. The van der Waals surface area contributed by atoms with Crippen molar-refractivity contribution in [1.29, 1.82) is 0 Å². The van der Waals surface area contributed by atoms with Crippen LogP contribution in [0.2, 0.25) is 0 Å². The van der Waals surface area contributed by atoms with Crippen LogP contribution in [0, 0.1) is 0 Å². The van der Waals surface area contributed by atoms with Crippen LogP contribution in [0.3, 0.4) is 0 Å². The predicted molar refractivity (Wildman–Crippen MR) is 228 cm³/mol. The average molecular weight is 798 g/mol. The van der Waals surface area contributed by atoms with Crippen molar-refractivity contribution in [1.82, 2.24) is 10.0 Å². The van der Waals surface area contributed by atoms with E-state index in [0.29, 0.717) is 41.4 Å². The minimum Gasteiger partial charge on any atom is -0.493 e. The number of pyridine rings is 3. The number of benzene rings is 4. The van der Waals surface area contributed by atoms with E-state index < -0.39 is 11.8 Å². The molecule has 12 nitrogen and oxygen atoms in total. The van der Waals surface area contributed by atoms with Crippen molar-refractivity contribution in [2.75, 3.05) is 19.0 Å². The van der Waals surface area contributed by atoms with Crippen molar-refractivity contribution < 1.29 is 33.6 Å². The van der Waals surface area contributed by atoms with E-state index >= 15 is 0 Å². The van der Waals surface area contributed by atoms with Gasteiger partial charge in [0.1, 0.15) is 31.2 Å². The Hall–Kier alpha value is -7.44. The molecule has 299 valence electrons. The number of ether oxygens (including phenoxy) is 1. The highest BCUT2D eigenvalue weighted by Crippen LogP contribution is 2.27. The molecule has 1 amide bonds. The topological polar surface area (TPSA) is 130 Å². The molecule has 1 aliphatic heterocycles. The first-order valence-corrected chi connectivity index (χ1v) is 19.8. The van der Waals surface area contributed by atoms with Crippen LogP contribution in [0.4, 0.5) is 11.4 Å². The van der Waals surface area contributed by atoms with Crippen LogP contribution in [0.1, 0.15) is 56.9 Å². The maximum absolute atomic E-state index is 13.7. The molecular weight excluding hydrogens is 753 g/mol. The van der Waals surface area contributed by atoms with E-state index in [4.69, 9.17) is 4.74 Å². The van der Waals surface area contributed by atoms with Crippen LogP contribution >= 0.6 is 0 Å². The summed E-state index contributed by atoms with van der Waals surface area (Å²) in [4.78, 5) is 34.0. The quantitative estimate of drug-likeness (QED) is 0.0401. The van der Waals surface area contributed by atoms with Gasteiger partial charge in [0.25, 0.3) is 11.4 Å². The molecule has 2 N–H and O–H groups in total. The zero-order valence-corrected chi connectivity index (χ0v) is 33.7. The van der Waals surface area contributed by atoms with Gasteiger partial charge in [-0.15, -0.1) is 0 Å². The number of aromatic nitrogens is 3.